The summed E-state index contributed by atoms with van der Waals surface area (Å²) in [6.45, 7) is 5.43. The van der Waals surface area contributed by atoms with E-state index < -0.39 is 0 Å². The van der Waals surface area contributed by atoms with Crippen molar-refractivity contribution in [1.82, 2.24) is 9.88 Å². The topological polar surface area (TPSA) is 36.1 Å². The summed E-state index contributed by atoms with van der Waals surface area (Å²) in [6.07, 6.45) is 1.84. The van der Waals surface area contributed by atoms with Crippen LogP contribution < -0.4 is 0 Å². The Hall–Kier alpha value is -1.77. The van der Waals surface area contributed by atoms with Gasteiger partial charge in [-0.15, -0.1) is 0 Å². The van der Waals surface area contributed by atoms with E-state index >= 15 is 0 Å². The van der Waals surface area contributed by atoms with Crippen molar-refractivity contribution in [1.29, 1.82) is 0 Å². The summed E-state index contributed by atoms with van der Waals surface area (Å²) in [4.78, 5) is 17.1. The van der Waals surface area contributed by atoms with Crippen molar-refractivity contribution in [3.63, 3.8) is 0 Å². The average Bonchev–Trinajstić information content (AvgIpc) is 2.78. The van der Waals surface area contributed by atoms with Crippen LogP contribution in [-0.4, -0.2) is 28.9 Å². The van der Waals surface area contributed by atoms with E-state index in [0.717, 1.165) is 24.0 Å². The zero-order chi connectivity index (χ0) is 11.5. The second-order valence-corrected chi connectivity index (χ2v) is 3.65. The lowest BCUT2D eigenvalue weighted by atomic mass is 10.1. The normalized spacial score (nSPS) is 10.6. The molecule has 0 bridgehead atoms. The number of benzene rings is 1. The van der Waals surface area contributed by atoms with Crippen molar-refractivity contribution >= 4 is 16.8 Å². The van der Waals surface area contributed by atoms with E-state index in [-0.39, 0.29) is 5.91 Å². The summed E-state index contributed by atoms with van der Waals surface area (Å²) in [5.41, 5.74) is 1.60. The fourth-order valence-electron chi connectivity index (χ4n) is 1.87. The van der Waals surface area contributed by atoms with Crippen LogP contribution in [0.1, 0.15) is 24.2 Å². The van der Waals surface area contributed by atoms with Crippen molar-refractivity contribution in [2.24, 2.45) is 0 Å². The molecule has 1 amide bonds. The fraction of sp³-hybridized carbons (Fsp3) is 0.308. The first-order chi connectivity index (χ1) is 7.77. The Labute approximate surface area is 95.1 Å². The van der Waals surface area contributed by atoms with Crippen LogP contribution in [0.4, 0.5) is 0 Å². The Morgan fingerprint density at radius 2 is 2.12 bits per heavy atom. The molecule has 0 aliphatic rings. The quantitative estimate of drug-likeness (QED) is 0.838. The van der Waals surface area contributed by atoms with Gasteiger partial charge in [0.15, 0.2) is 0 Å². The minimum absolute atomic E-state index is 0.0642. The van der Waals surface area contributed by atoms with Gasteiger partial charge in [-0.1, -0.05) is 0 Å². The largest absolute Gasteiger partial charge is 0.361 e. The van der Waals surface area contributed by atoms with Crippen LogP contribution in [0.25, 0.3) is 10.9 Å². The summed E-state index contributed by atoms with van der Waals surface area (Å²) in [5.74, 6) is 0.0642. The van der Waals surface area contributed by atoms with E-state index in [2.05, 4.69) is 11.1 Å². The molecule has 1 aromatic carbocycles. The SMILES string of the molecule is CCN(CC)C(=O)c1c[c]cc2cc[nH]c12. The molecule has 0 atom stereocenters. The van der Waals surface area contributed by atoms with Gasteiger partial charge in [0.2, 0.25) is 0 Å². The molecule has 0 fully saturated rings. The number of carbonyl (C=O) groups is 1. The molecule has 1 N–H and O–H groups in total. The van der Waals surface area contributed by atoms with Gasteiger partial charge >= 0.3 is 0 Å². The molecule has 0 aliphatic carbocycles. The first-order valence-electron chi connectivity index (χ1n) is 5.54. The van der Waals surface area contributed by atoms with Crippen molar-refractivity contribution in [3.05, 3.63) is 36.0 Å². The Balaban J connectivity index is 2.46. The molecule has 1 aromatic heterocycles. The Morgan fingerprint density at radius 3 is 2.81 bits per heavy atom. The number of amides is 1. The third-order valence-electron chi connectivity index (χ3n) is 2.80. The molecule has 0 saturated carbocycles. The van der Waals surface area contributed by atoms with E-state index in [1.807, 2.05) is 37.1 Å². The molecule has 83 valence electrons. The van der Waals surface area contributed by atoms with Gasteiger partial charge in [0.1, 0.15) is 0 Å². The van der Waals surface area contributed by atoms with E-state index in [0.29, 0.717) is 5.56 Å². The highest BCUT2D eigenvalue weighted by atomic mass is 16.2. The molecule has 1 radical (unpaired) electrons. The monoisotopic (exact) mass is 215 g/mol. The first-order valence-corrected chi connectivity index (χ1v) is 5.54. The van der Waals surface area contributed by atoms with Crippen LogP contribution in [0.2, 0.25) is 0 Å². The number of nitrogens with one attached hydrogen (secondary N) is 1. The lowest BCUT2D eigenvalue weighted by molar-refractivity contribution is 0.0775. The number of H-pyrrole nitrogens is 1. The number of rotatable bonds is 3. The third kappa shape index (κ3) is 1.69. The highest BCUT2D eigenvalue weighted by Crippen LogP contribution is 2.18. The van der Waals surface area contributed by atoms with Gasteiger partial charge in [-0.05, 0) is 38.1 Å². The minimum Gasteiger partial charge on any atom is -0.361 e. The molecule has 2 aromatic rings. The summed E-state index contributed by atoms with van der Waals surface area (Å²) >= 11 is 0. The molecule has 3 nitrogen and oxygen atoms in total. The molecule has 0 aliphatic heterocycles. The van der Waals surface area contributed by atoms with Crippen molar-refractivity contribution in [2.75, 3.05) is 13.1 Å². The number of carbonyl (C=O) groups excluding carboxylic acids is 1. The molecule has 2 rings (SSSR count). The van der Waals surface area contributed by atoms with Gasteiger partial charge in [-0.25, -0.2) is 0 Å². The average molecular weight is 215 g/mol. The third-order valence-corrected chi connectivity index (χ3v) is 2.80. The molecule has 0 spiro atoms. The van der Waals surface area contributed by atoms with Crippen LogP contribution in [0.3, 0.4) is 0 Å². The maximum atomic E-state index is 12.2. The van der Waals surface area contributed by atoms with Crippen LogP contribution in [0.15, 0.2) is 24.4 Å². The van der Waals surface area contributed by atoms with Gasteiger partial charge in [0.25, 0.3) is 5.91 Å². The summed E-state index contributed by atoms with van der Waals surface area (Å²) < 4.78 is 0. The number of fused-ring (bicyclic) bond motifs is 1. The maximum absolute atomic E-state index is 12.2. The highest BCUT2D eigenvalue weighted by molar-refractivity contribution is 6.05. The lowest BCUT2D eigenvalue weighted by Crippen LogP contribution is -2.30. The Bertz CT molecular complexity index is 497. The summed E-state index contributed by atoms with van der Waals surface area (Å²) in [7, 11) is 0. The predicted molar refractivity (Wildman–Crippen MR) is 64.4 cm³/mol. The molecule has 3 heteroatoms. The summed E-state index contributed by atoms with van der Waals surface area (Å²) in [6, 6.07) is 8.59. The number of aromatic nitrogens is 1. The van der Waals surface area contributed by atoms with E-state index in [4.69, 9.17) is 0 Å². The van der Waals surface area contributed by atoms with E-state index in [1.54, 1.807) is 6.07 Å². The van der Waals surface area contributed by atoms with Crippen LogP contribution in [0.5, 0.6) is 0 Å². The minimum atomic E-state index is 0.0642. The van der Waals surface area contributed by atoms with Gasteiger partial charge in [0, 0.05) is 24.7 Å². The second kappa shape index (κ2) is 4.39. The highest BCUT2D eigenvalue weighted by Gasteiger charge is 2.15. The van der Waals surface area contributed by atoms with E-state index in [1.165, 1.54) is 0 Å². The van der Waals surface area contributed by atoms with Gasteiger partial charge in [0.05, 0.1) is 11.1 Å². The van der Waals surface area contributed by atoms with Gasteiger partial charge in [-0.2, -0.15) is 0 Å². The van der Waals surface area contributed by atoms with Crippen LogP contribution in [-0.2, 0) is 0 Å². The zero-order valence-electron chi connectivity index (χ0n) is 9.58. The number of nitrogens with zero attached hydrogens (tertiary/aromatic N) is 1. The van der Waals surface area contributed by atoms with Gasteiger partial charge in [-0.3, -0.25) is 4.79 Å². The standard InChI is InChI=1S/C13H15N2O/c1-3-15(4-2)13(16)11-7-5-6-10-8-9-14-12(10)11/h6-9,14H,3-4H2,1-2H3. The van der Waals surface area contributed by atoms with Gasteiger partial charge < -0.3 is 9.88 Å². The van der Waals surface area contributed by atoms with Crippen molar-refractivity contribution in [2.45, 2.75) is 13.8 Å². The smallest absolute Gasteiger partial charge is 0.255 e. The molecule has 0 unspecified atom stereocenters. The van der Waals surface area contributed by atoms with Crippen LogP contribution >= 0.6 is 0 Å². The predicted octanol–water partition coefficient (Wildman–Crippen LogP) is 2.45. The zero-order valence-corrected chi connectivity index (χ0v) is 9.58. The van der Waals surface area contributed by atoms with Crippen molar-refractivity contribution in [3.8, 4) is 0 Å². The molecular formula is C13H15N2O. The number of hydrogen-bond acceptors (Lipinski definition) is 1. The molecule has 1 heterocycles. The Morgan fingerprint density at radius 1 is 1.38 bits per heavy atom. The maximum Gasteiger partial charge on any atom is 0.255 e. The molecular weight excluding hydrogens is 200 g/mol. The summed E-state index contributed by atoms with van der Waals surface area (Å²) in [5, 5.41) is 1.03. The van der Waals surface area contributed by atoms with Crippen molar-refractivity contribution < 1.29 is 4.79 Å². The van der Waals surface area contributed by atoms with E-state index in [9.17, 15) is 4.79 Å². The molecule has 0 saturated heterocycles. The molecule has 16 heavy (non-hydrogen) atoms. The Kier molecular flexibility index (Phi) is 2.95. The lowest BCUT2D eigenvalue weighted by Gasteiger charge is -2.18. The second-order valence-electron chi connectivity index (χ2n) is 3.65. The first kappa shape index (κ1) is 10.7. The number of aromatic amines is 1. The number of hydrogen-bond donors (Lipinski definition) is 1. The van der Waals surface area contributed by atoms with Crippen LogP contribution in [0, 0.1) is 6.07 Å². The fourth-order valence-corrected chi connectivity index (χ4v) is 1.87.